The van der Waals surface area contributed by atoms with E-state index < -0.39 is 0 Å². The lowest BCUT2D eigenvalue weighted by atomic mass is 9.72. The lowest BCUT2D eigenvalue weighted by Crippen LogP contribution is -2.24. The molecule has 0 unspecified atom stereocenters. The Kier molecular flexibility index (Phi) is 3.41. The lowest BCUT2D eigenvalue weighted by molar-refractivity contribution is 0.284. The van der Waals surface area contributed by atoms with Gasteiger partial charge in [-0.3, -0.25) is 0 Å². The molecule has 0 atom stereocenters. The van der Waals surface area contributed by atoms with E-state index in [4.69, 9.17) is 12.2 Å². The highest BCUT2D eigenvalue weighted by Crippen LogP contribution is 2.37. The molecule has 3 heteroatoms. The third-order valence-electron chi connectivity index (χ3n) is 3.17. The molecule has 1 N–H and O–H groups in total. The third-order valence-corrected chi connectivity index (χ3v) is 4.37. The highest BCUT2D eigenvalue weighted by atomic mass is 32.1. The molecule has 0 fully saturated rings. The standard InChI is InChI=1S/C15H21NS2/c1-14(2,3)9-15(4,5)10-6-7-11-12(8-10)18-13(17)16-11/h6-8H,9H2,1-5H3,(H,16,17). The number of fused-ring (bicyclic) bond motifs is 1. The van der Waals surface area contributed by atoms with Crippen LogP contribution in [0.25, 0.3) is 10.2 Å². The van der Waals surface area contributed by atoms with Crippen LogP contribution in [0.3, 0.4) is 0 Å². The minimum absolute atomic E-state index is 0.193. The summed E-state index contributed by atoms with van der Waals surface area (Å²) in [6.45, 7) is 11.5. The van der Waals surface area contributed by atoms with Crippen molar-refractivity contribution in [3.8, 4) is 0 Å². The van der Waals surface area contributed by atoms with Crippen molar-refractivity contribution in [2.45, 2.75) is 46.5 Å². The van der Waals surface area contributed by atoms with Gasteiger partial charge in [-0.2, -0.15) is 0 Å². The van der Waals surface area contributed by atoms with Gasteiger partial charge in [-0.1, -0.05) is 40.7 Å². The SMILES string of the molecule is CC(C)(C)CC(C)(C)c1ccc2[nH]c(=S)sc2c1. The molecule has 98 valence electrons. The first-order chi connectivity index (χ1) is 8.17. The van der Waals surface area contributed by atoms with Crippen LogP contribution in [-0.4, -0.2) is 4.98 Å². The zero-order chi connectivity index (χ0) is 13.6. The molecule has 1 aromatic carbocycles. The van der Waals surface area contributed by atoms with Crippen molar-refractivity contribution in [2.75, 3.05) is 0 Å². The average Bonchev–Trinajstić information content (AvgIpc) is 2.52. The van der Waals surface area contributed by atoms with E-state index in [1.807, 2.05) is 0 Å². The maximum absolute atomic E-state index is 5.20. The summed E-state index contributed by atoms with van der Waals surface area (Å²) >= 11 is 6.86. The normalized spacial score (nSPS) is 13.2. The zero-order valence-electron chi connectivity index (χ0n) is 11.8. The van der Waals surface area contributed by atoms with Crippen LogP contribution in [0.2, 0.25) is 0 Å². The Morgan fingerprint density at radius 3 is 2.44 bits per heavy atom. The number of hydrogen-bond donors (Lipinski definition) is 1. The molecule has 0 aliphatic carbocycles. The summed E-state index contributed by atoms with van der Waals surface area (Å²) < 4.78 is 2.12. The zero-order valence-corrected chi connectivity index (χ0v) is 13.4. The second kappa shape index (κ2) is 4.46. The fraction of sp³-hybridized carbons (Fsp3) is 0.533. The van der Waals surface area contributed by atoms with Gasteiger partial charge in [0.15, 0.2) is 3.95 Å². The second-order valence-corrected chi connectivity index (χ2v) is 8.57. The third kappa shape index (κ3) is 3.01. The van der Waals surface area contributed by atoms with Gasteiger partial charge in [-0.15, -0.1) is 11.3 Å². The number of benzene rings is 1. The van der Waals surface area contributed by atoms with Crippen LogP contribution in [-0.2, 0) is 5.41 Å². The van der Waals surface area contributed by atoms with E-state index in [9.17, 15) is 0 Å². The van der Waals surface area contributed by atoms with Gasteiger partial charge < -0.3 is 4.98 Å². The average molecular weight is 279 g/mol. The monoisotopic (exact) mass is 279 g/mol. The first kappa shape index (κ1) is 13.8. The minimum Gasteiger partial charge on any atom is -0.337 e. The van der Waals surface area contributed by atoms with E-state index in [1.165, 1.54) is 16.7 Å². The van der Waals surface area contributed by atoms with Crippen LogP contribution in [0.4, 0.5) is 0 Å². The van der Waals surface area contributed by atoms with Crippen molar-refractivity contribution < 1.29 is 0 Å². The van der Waals surface area contributed by atoms with Crippen molar-refractivity contribution in [1.29, 1.82) is 0 Å². The molecule has 0 bridgehead atoms. The molecule has 0 spiro atoms. The summed E-state index contributed by atoms with van der Waals surface area (Å²) in [5.41, 5.74) is 3.08. The van der Waals surface area contributed by atoms with Crippen LogP contribution < -0.4 is 0 Å². The summed E-state index contributed by atoms with van der Waals surface area (Å²) in [6, 6.07) is 6.67. The number of hydrogen-bond acceptors (Lipinski definition) is 2. The first-order valence-electron chi connectivity index (χ1n) is 6.31. The number of aromatic amines is 1. The van der Waals surface area contributed by atoms with Crippen molar-refractivity contribution >= 4 is 33.8 Å². The Morgan fingerprint density at radius 2 is 1.83 bits per heavy atom. The van der Waals surface area contributed by atoms with Crippen molar-refractivity contribution in [3.63, 3.8) is 0 Å². The van der Waals surface area contributed by atoms with E-state index in [0.29, 0.717) is 5.41 Å². The van der Waals surface area contributed by atoms with Crippen molar-refractivity contribution in [2.24, 2.45) is 5.41 Å². The minimum atomic E-state index is 0.193. The highest BCUT2D eigenvalue weighted by Gasteiger charge is 2.27. The van der Waals surface area contributed by atoms with Gasteiger partial charge in [0, 0.05) is 0 Å². The first-order valence-corrected chi connectivity index (χ1v) is 7.53. The largest absolute Gasteiger partial charge is 0.337 e. The van der Waals surface area contributed by atoms with Gasteiger partial charge >= 0.3 is 0 Å². The van der Waals surface area contributed by atoms with E-state index in [2.05, 4.69) is 57.8 Å². The van der Waals surface area contributed by atoms with Crippen LogP contribution in [0.1, 0.15) is 46.6 Å². The van der Waals surface area contributed by atoms with E-state index in [0.717, 1.165) is 9.47 Å². The molecule has 0 amide bonds. The van der Waals surface area contributed by atoms with Crippen LogP contribution in [0, 0.1) is 9.37 Å². The Labute approximate surface area is 118 Å². The Balaban J connectivity index is 2.43. The summed E-state index contributed by atoms with van der Waals surface area (Å²) in [4.78, 5) is 3.22. The van der Waals surface area contributed by atoms with E-state index in [1.54, 1.807) is 11.3 Å². The molecule has 0 aliphatic heterocycles. The molecule has 0 saturated carbocycles. The number of H-pyrrole nitrogens is 1. The van der Waals surface area contributed by atoms with E-state index >= 15 is 0 Å². The van der Waals surface area contributed by atoms with Gasteiger partial charge in [0.2, 0.25) is 0 Å². The smallest absolute Gasteiger partial charge is 0.159 e. The number of rotatable bonds is 2. The summed E-state index contributed by atoms with van der Waals surface area (Å²) in [5, 5.41) is 0. The van der Waals surface area contributed by atoms with Gasteiger partial charge in [0.1, 0.15) is 0 Å². The van der Waals surface area contributed by atoms with Crippen LogP contribution in [0.5, 0.6) is 0 Å². The molecular formula is C15H21NS2. The molecule has 1 heterocycles. The summed E-state index contributed by atoms with van der Waals surface area (Å²) in [7, 11) is 0. The van der Waals surface area contributed by atoms with Gasteiger partial charge in [-0.05, 0) is 47.2 Å². The second-order valence-electron chi connectivity index (χ2n) is 6.85. The molecule has 1 nitrogen and oxygen atoms in total. The number of thiazole rings is 1. The molecule has 2 rings (SSSR count). The molecular weight excluding hydrogens is 258 g/mol. The fourth-order valence-electron chi connectivity index (χ4n) is 2.79. The molecule has 18 heavy (non-hydrogen) atoms. The Bertz CT molecular complexity index is 611. The molecule has 0 saturated heterocycles. The molecule has 0 aliphatic rings. The van der Waals surface area contributed by atoms with Crippen molar-refractivity contribution in [1.82, 2.24) is 4.98 Å². The maximum atomic E-state index is 5.20. The lowest BCUT2D eigenvalue weighted by Gasteiger charge is -2.33. The predicted molar refractivity (Wildman–Crippen MR) is 84.1 cm³/mol. The Hall–Kier alpha value is -0.670. The van der Waals surface area contributed by atoms with Crippen LogP contribution >= 0.6 is 23.6 Å². The molecule has 2 aromatic rings. The predicted octanol–water partition coefficient (Wildman–Crippen LogP) is 5.67. The van der Waals surface area contributed by atoms with Gasteiger partial charge in [0.05, 0.1) is 10.2 Å². The van der Waals surface area contributed by atoms with E-state index in [-0.39, 0.29) is 5.41 Å². The quantitative estimate of drug-likeness (QED) is 0.700. The topological polar surface area (TPSA) is 15.8 Å². The highest BCUT2D eigenvalue weighted by molar-refractivity contribution is 7.73. The number of aromatic nitrogens is 1. The maximum Gasteiger partial charge on any atom is 0.159 e. The van der Waals surface area contributed by atoms with Crippen LogP contribution in [0.15, 0.2) is 18.2 Å². The molecule has 1 aromatic heterocycles. The van der Waals surface area contributed by atoms with Crippen molar-refractivity contribution in [3.05, 3.63) is 27.7 Å². The number of nitrogens with one attached hydrogen (secondary N) is 1. The summed E-state index contributed by atoms with van der Waals surface area (Å²) in [5.74, 6) is 0. The van der Waals surface area contributed by atoms with Gasteiger partial charge in [0.25, 0.3) is 0 Å². The summed E-state index contributed by atoms with van der Waals surface area (Å²) in [6.07, 6.45) is 1.17. The Morgan fingerprint density at radius 1 is 1.17 bits per heavy atom. The fourth-order valence-corrected chi connectivity index (χ4v) is 3.95. The molecule has 0 radical (unpaired) electrons. The van der Waals surface area contributed by atoms with Gasteiger partial charge in [-0.25, -0.2) is 0 Å².